The molecule has 0 amide bonds. The summed E-state index contributed by atoms with van der Waals surface area (Å²) in [6.45, 7) is 6.45. The van der Waals surface area contributed by atoms with Crippen molar-refractivity contribution in [3.05, 3.63) is 53.2 Å². The molecule has 1 aromatic heterocycles. The Morgan fingerprint density at radius 3 is 2.97 bits per heavy atom. The molecular formula is C29H41N3O4. The average molecular weight is 496 g/mol. The Kier molecular flexibility index (Phi) is 9.59. The molecule has 0 radical (unpaired) electrons. The van der Waals surface area contributed by atoms with E-state index in [2.05, 4.69) is 34.5 Å². The number of aryl methyl sites for hydroxylation is 2. The molecule has 2 aliphatic heterocycles. The predicted molar refractivity (Wildman–Crippen MR) is 142 cm³/mol. The predicted octanol–water partition coefficient (Wildman–Crippen LogP) is 4.45. The monoisotopic (exact) mass is 495 g/mol. The molecule has 0 unspecified atom stereocenters. The molecule has 36 heavy (non-hydrogen) atoms. The van der Waals surface area contributed by atoms with E-state index in [0.29, 0.717) is 18.9 Å². The summed E-state index contributed by atoms with van der Waals surface area (Å²) in [5.41, 5.74) is 3.64. The highest BCUT2D eigenvalue weighted by Gasteiger charge is 2.27. The van der Waals surface area contributed by atoms with Gasteiger partial charge >= 0.3 is 5.97 Å². The number of fused-ring (bicyclic) bond motifs is 1. The van der Waals surface area contributed by atoms with E-state index in [1.807, 2.05) is 19.1 Å². The van der Waals surface area contributed by atoms with E-state index in [0.717, 1.165) is 62.6 Å². The Morgan fingerprint density at radius 1 is 1.25 bits per heavy atom. The van der Waals surface area contributed by atoms with Gasteiger partial charge in [0.1, 0.15) is 18.2 Å². The van der Waals surface area contributed by atoms with Crippen molar-refractivity contribution in [2.45, 2.75) is 57.5 Å². The molecule has 0 saturated carbocycles. The standard InChI is InChI=1S/C29H41N3O4/c1-21(34-2)20-36-27-8-4-6-24(16-27)25(17-28(33)35-3)19-32-15-13-22(18-32)9-11-26-12-10-23-7-5-14-30-29(23)31-26/h4,6,8,10,12,16,21-22,25H,5,7,9,11,13-15,17-20H2,1-3H3,(H,30,31)/t21-,22+,25+/m0/s1. The van der Waals surface area contributed by atoms with Gasteiger partial charge < -0.3 is 24.4 Å². The lowest BCUT2D eigenvalue weighted by molar-refractivity contribution is -0.141. The highest BCUT2D eigenvalue weighted by Crippen LogP contribution is 2.29. The fraction of sp³-hybridized carbons (Fsp3) is 0.586. The lowest BCUT2D eigenvalue weighted by atomic mass is 9.94. The zero-order chi connectivity index (χ0) is 25.3. The Balaban J connectivity index is 1.33. The van der Waals surface area contributed by atoms with Crippen LogP contribution in [0.1, 0.15) is 55.3 Å². The molecule has 3 heterocycles. The lowest BCUT2D eigenvalue weighted by Gasteiger charge is -2.24. The number of hydrogen-bond donors (Lipinski definition) is 1. The van der Waals surface area contributed by atoms with Gasteiger partial charge in [-0.25, -0.2) is 4.98 Å². The lowest BCUT2D eigenvalue weighted by Crippen LogP contribution is -2.28. The first-order valence-corrected chi connectivity index (χ1v) is 13.3. The van der Waals surface area contributed by atoms with Crippen molar-refractivity contribution in [2.75, 3.05) is 52.3 Å². The molecule has 196 valence electrons. The van der Waals surface area contributed by atoms with Crippen LogP contribution >= 0.6 is 0 Å². The topological polar surface area (TPSA) is 72.9 Å². The van der Waals surface area contributed by atoms with Crippen LogP contribution in [0.2, 0.25) is 0 Å². The van der Waals surface area contributed by atoms with Gasteiger partial charge in [-0.1, -0.05) is 18.2 Å². The van der Waals surface area contributed by atoms with Gasteiger partial charge in [0.05, 0.1) is 19.6 Å². The number of carbonyl (C=O) groups excluding carboxylic acids is 1. The Hall–Kier alpha value is -2.64. The molecule has 1 aromatic carbocycles. The third kappa shape index (κ3) is 7.43. The van der Waals surface area contributed by atoms with Crippen molar-refractivity contribution in [3.63, 3.8) is 0 Å². The van der Waals surface area contributed by atoms with E-state index in [-0.39, 0.29) is 18.0 Å². The van der Waals surface area contributed by atoms with Crippen molar-refractivity contribution in [3.8, 4) is 5.75 Å². The summed E-state index contributed by atoms with van der Waals surface area (Å²) in [6.07, 6.45) is 6.04. The summed E-state index contributed by atoms with van der Waals surface area (Å²) in [6, 6.07) is 12.5. The first-order chi connectivity index (χ1) is 17.5. The Labute approximate surface area is 215 Å². The molecule has 7 heteroatoms. The van der Waals surface area contributed by atoms with Gasteiger partial charge in [-0.2, -0.15) is 0 Å². The minimum Gasteiger partial charge on any atom is -0.491 e. The smallest absolute Gasteiger partial charge is 0.306 e. The molecule has 1 fully saturated rings. The number of nitrogens with one attached hydrogen (secondary N) is 1. The van der Waals surface area contributed by atoms with Crippen LogP contribution in [0.4, 0.5) is 5.82 Å². The van der Waals surface area contributed by atoms with Gasteiger partial charge in [-0.3, -0.25) is 4.79 Å². The van der Waals surface area contributed by atoms with Gasteiger partial charge in [0, 0.05) is 38.4 Å². The number of hydrogen-bond acceptors (Lipinski definition) is 7. The van der Waals surface area contributed by atoms with Crippen LogP contribution < -0.4 is 10.1 Å². The number of methoxy groups -OCH3 is 2. The molecule has 0 aliphatic carbocycles. The van der Waals surface area contributed by atoms with Crippen molar-refractivity contribution >= 4 is 11.8 Å². The molecule has 0 bridgehead atoms. The van der Waals surface area contributed by atoms with Crippen molar-refractivity contribution in [1.29, 1.82) is 0 Å². The highest BCUT2D eigenvalue weighted by atomic mass is 16.5. The largest absolute Gasteiger partial charge is 0.491 e. The average Bonchev–Trinajstić information content (AvgIpc) is 3.37. The maximum absolute atomic E-state index is 12.2. The number of esters is 1. The van der Waals surface area contributed by atoms with E-state index in [4.69, 9.17) is 19.2 Å². The molecule has 4 rings (SSSR count). The van der Waals surface area contributed by atoms with Crippen molar-refractivity contribution < 1.29 is 19.0 Å². The van der Waals surface area contributed by atoms with E-state index in [1.54, 1.807) is 7.11 Å². The SMILES string of the molecule is COC(=O)C[C@H](CN1CC[C@@H](CCc2ccc3c(n2)NCCC3)C1)c1cccc(OC[C@H](C)OC)c1. The summed E-state index contributed by atoms with van der Waals surface area (Å²) in [7, 11) is 3.14. The quantitative estimate of drug-likeness (QED) is 0.436. The number of rotatable bonds is 12. The van der Waals surface area contributed by atoms with Crippen molar-refractivity contribution in [2.24, 2.45) is 5.92 Å². The number of carbonyl (C=O) groups is 1. The van der Waals surface area contributed by atoms with E-state index in [1.165, 1.54) is 31.2 Å². The summed E-state index contributed by atoms with van der Waals surface area (Å²) in [5.74, 6) is 2.42. The molecule has 0 spiro atoms. The van der Waals surface area contributed by atoms with Crippen LogP contribution in [0.15, 0.2) is 36.4 Å². The normalized spacial score (nSPS) is 19.2. The maximum atomic E-state index is 12.2. The molecule has 1 N–H and O–H groups in total. The van der Waals surface area contributed by atoms with Gasteiger partial charge in [0.15, 0.2) is 0 Å². The van der Waals surface area contributed by atoms with Crippen LogP contribution in [-0.2, 0) is 27.1 Å². The van der Waals surface area contributed by atoms with E-state index < -0.39 is 0 Å². The number of likely N-dealkylation sites (tertiary alicyclic amines) is 1. The number of pyridine rings is 1. The highest BCUT2D eigenvalue weighted by molar-refractivity contribution is 5.70. The molecule has 1 saturated heterocycles. The zero-order valence-corrected chi connectivity index (χ0v) is 22.0. The summed E-state index contributed by atoms with van der Waals surface area (Å²) in [5, 5.41) is 3.44. The minimum absolute atomic E-state index is 0.0221. The Bertz CT molecular complexity index is 998. The third-order valence-corrected chi connectivity index (χ3v) is 7.47. The maximum Gasteiger partial charge on any atom is 0.306 e. The molecule has 7 nitrogen and oxygen atoms in total. The van der Waals surface area contributed by atoms with Gasteiger partial charge in [0.2, 0.25) is 0 Å². The van der Waals surface area contributed by atoms with Crippen molar-refractivity contribution in [1.82, 2.24) is 9.88 Å². The number of nitrogens with zero attached hydrogens (tertiary/aromatic N) is 2. The summed E-state index contributed by atoms with van der Waals surface area (Å²) >= 11 is 0. The fourth-order valence-corrected chi connectivity index (χ4v) is 5.20. The van der Waals surface area contributed by atoms with E-state index >= 15 is 0 Å². The minimum atomic E-state index is -0.179. The van der Waals surface area contributed by atoms with Gasteiger partial charge in [-0.05, 0) is 80.8 Å². The molecular weight excluding hydrogens is 454 g/mol. The van der Waals surface area contributed by atoms with E-state index in [9.17, 15) is 4.79 Å². The summed E-state index contributed by atoms with van der Waals surface area (Å²) < 4.78 is 16.2. The van der Waals surface area contributed by atoms with Crippen LogP contribution in [-0.4, -0.2) is 69.0 Å². The number of aromatic nitrogens is 1. The first kappa shape index (κ1) is 26.4. The second kappa shape index (κ2) is 13.1. The number of ether oxygens (including phenoxy) is 3. The van der Waals surface area contributed by atoms with Crippen LogP contribution in [0.3, 0.4) is 0 Å². The van der Waals surface area contributed by atoms with Crippen LogP contribution in [0, 0.1) is 5.92 Å². The molecule has 2 aromatic rings. The second-order valence-corrected chi connectivity index (χ2v) is 10.2. The first-order valence-electron chi connectivity index (χ1n) is 13.3. The Morgan fingerprint density at radius 2 is 2.14 bits per heavy atom. The third-order valence-electron chi connectivity index (χ3n) is 7.47. The van der Waals surface area contributed by atoms with Crippen LogP contribution in [0.25, 0.3) is 0 Å². The van der Waals surface area contributed by atoms with Gasteiger partial charge in [-0.15, -0.1) is 0 Å². The summed E-state index contributed by atoms with van der Waals surface area (Å²) in [4.78, 5) is 19.6. The number of benzene rings is 1. The van der Waals surface area contributed by atoms with Gasteiger partial charge in [0.25, 0.3) is 0 Å². The zero-order valence-electron chi connectivity index (χ0n) is 22.0. The number of anilines is 1. The molecule has 2 aliphatic rings. The fourth-order valence-electron chi connectivity index (χ4n) is 5.20. The second-order valence-electron chi connectivity index (χ2n) is 10.2. The van der Waals surface area contributed by atoms with Crippen LogP contribution in [0.5, 0.6) is 5.75 Å². The molecule has 3 atom stereocenters.